The smallest absolute Gasteiger partial charge is 0.325 e. The van der Waals surface area contributed by atoms with Gasteiger partial charge in [0.25, 0.3) is 0 Å². The molecule has 0 spiro atoms. The summed E-state index contributed by atoms with van der Waals surface area (Å²) in [6.07, 6.45) is 0. The molecule has 1 amide bonds. The third-order valence-corrected chi connectivity index (χ3v) is 5.45. The van der Waals surface area contributed by atoms with Gasteiger partial charge >= 0.3 is 11.9 Å². The summed E-state index contributed by atoms with van der Waals surface area (Å²) >= 11 is 0. The molecule has 5 N–H and O–H groups in total. The zero-order valence-electron chi connectivity index (χ0n) is 17.6. The first-order chi connectivity index (χ1) is 16.3. The van der Waals surface area contributed by atoms with Crippen LogP contribution < -0.4 is 26.3 Å². The average Bonchev–Trinajstić information content (AvgIpc) is 3.15. The molecule has 3 aromatic rings. The average molecular weight is 467 g/mol. The highest BCUT2D eigenvalue weighted by Gasteiger charge is 2.51. The van der Waals surface area contributed by atoms with Gasteiger partial charge in [0.2, 0.25) is 5.91 Å². The van der Waals surface area contributed by atoms with Gasteiger partial charge in [-0.25, -0.2) is 8.78 Å². The third kappa shape index (κ3) is 3.78. The Labute approximate surface area is 192 Å². The number of nitrogens with two attached hydrogens (primary N) is 2. The zero-order chi connectivity index (χ0) is 24.5. The number of halogens is 2. The van der Waals surface area contributed by atoms with Crippen LogP contribution >= 0.6 is 0 Å². The number of rotatable bonds is 6. The van der Waals surface area contributed by atoms with E-state index >= 15 is 0 Å². The molecule has 0 aliphatic carbocycles. The molecular weight excluding hydrogens is 448 g/mol. The highest BCUT2D eigenvalue weighted by atomic mass is 19.2. The summed E-state index contributed by atoms with van der Waals surface area (Å²) in [6.45, 7) is -0.624. The van der Waals surface area contributed by atoms with Crippen molar-refractivity contribution >= 4 is 23.5 Å². The number of esters is 2. The van der Waals surface area contributed by atoms with Gasteiger partial charge < -0.3 is 26.3 Å². The lowest BCUT2D eigenvalue weighted by molar-refractivity contribution is -0.133. The van der Waals surface area contributed by atoms with Gasteiger partial charge in [-0.05, 0) is 41.5 Å². The number of carbonyl (C=O) groups is 3. The van der Waals surface area contributed by atoms with Crippen molar-refractivity contribution in [3.63, 3.8) is 0 Å². The van der Waals surface area contributed by atoms with Crippen molar-refractivity contribution in [2.45, 2.75) is 5.41 Å². The van der Waals surface area contributed by atoms with Gasteiger partial charge in [0.05, 0.1) is 18.8 Å². The summed E-state index contributed by atoms with van der Waals surface area (Å²) in [5.74, 6) is -3.81. The Morgan fingerprint density at radius 3 is 1.71 bits per heavy atom. The molecule has 1 aliphatic heterocycles. The fourth-order valence-electron chi connectivity index (χ4n) is 3.95. The Kier molecular flexibility index (Phi) is 6.10. The number of benzene rings is 3. The summed E-state index contributed by atoms with van der Waals surface area (Å²) < 4.78 is 38.7. The molecule has 0 atom stereocenters. The molecule has 1 heterocycles. The van der Waals surface area contributed by atoms with Gasteiger partial charge in [-0.2, -0.15) is 0 Å². The summed E-state index contributed by atoms with van der Waals surface area (Å²) in [4.78, 5) is 36.4. The van der Waals surface area contributed by atoms with Crippen LogP contribution in [0.4, 0.5) is 14.5 Å². The maximum Gasteiger partial charge on any atom is 0.325 e. The predicted octanol–water partition coefficient (Wildman–Crippen LogP) is 1.98. The Morgan fingerprint density at radius 2 is 1.26 bits per heavy atom. The van der Waals surface area contributed by atoms with Gasteiger partial charge in [0.1, 0.15) is 16.9 Å². The molecule has 0 bridgehead atoms. The maximum absolute atomic E-state index is 14.6. The second-order valence-corrected chi connectivity index (χ2v) is 7.39. The van der Waals surface area contributed by atoms with Crippen molar-refractivity contribution in [1.82, 2.24) is 0 Å². The molecule has 174 valence electrons. The van der Waals surface area contributed by atoms with Gasteiger partial charge in [-0.1, -0.05) is 30.3 Å². The second kappa shape index (κ2) is 9.00. The molecule has 0 saturated carbocycles. The van der Waals surface area contributed by atoms with Crippen LogP contribution in [0.5, 0.6) is 11.5 Å². The topological polar surface area (TPSA) is 134 Å². The van der Waals surface area contributed by atoms with E-state index in [2.05, 4.69) is 5.32 Å². The monoisotopic (exact) mass is 467 g/mol. The van der Waals surface area contributed by atoms with Gasteiger partial charge in [-0.3, -0.25) is 14.4 Å². The number of amides is 1. The van der Waals surface area contributed by atoms with Crippen LogP contribution in [0.3, 0.4) is 0 Å². The summed E-state index contributed by atoms with van der Waals surface area (Å²) in [6, 6.07) is 14.3. The molecule has 0 radical (unpaired) electrons. The van der Waals surface area contributed by atoms with E-state index in [9.17, 15) is 23.2 Å². The van der Waals surface area contributed by atoms with E-state index in [1.54, 1.807) is 0 Å². The van der Waals surface area contributed by atoms with E-state index in [0.29, 0.717) is 11.1 Å². The number of ether oxygens (including phenoxy) is 2. The highest BCUT2D eigenvalue weighted by Crippen LogP contribution is 2.49. The normalized spacial score (nSPS) is 13.7. The molecule has 0 aromatic heterocycles. The fraction of sp³-hybridized carbons (Fsp3) is 0.125. The predicted molar refractivity (Wildman–Crippen MR) is 117 cm³/mol. The van der Waals surface area contributed by atoms with Crippen LogP contribution in [0.15, 0.2) is 60.7 Å². The number of nitrogens with one attached hydrogen (secondary N) is 1. The molecule has 3 aromatic carbocycles. The molecule has 0 saturated heterocycles. The van der Waals surface area contributed by atoms with Crippen molar-refractivity contribution in [2.24, 2.45) is 11.5 Å². The van der Waals surface area contributed by atoms with Crippen LogP contribution in [-0.2, 0) is 19.8 Å². The van der Waals surface area contributed by atoms with Crippen LogP contribution in [0.1, 0.15) is 16.7 Å². The lowest BCUT2D eigenvalue weighted by Gasteiger charge is -2.29. The quantitative estimate of drug-likeness (QED) is 0.373. The molecule has 0 unspecified atom stereocenters. The van der Waals surface area contributed by atoms with Crippen LogP contribution in [-0.4, -0.2) is 30.9 Å². The minimum atomic E-state index is -1.57. The van der Waals surface area contributed by atoms with Gasteiger partial charge in [-0.15, -0.1) is 0 Å². The van der Waals surface area contributed by atoms with Crippen LogP contribution in [0.2, 0.25) is 0 Å². The minimum absolute atomic E-state index is 0.190. The van der Waals surface area contributed by atoms with Crippen molar-refractivity contribution in [1.29, 1.82) is 0 Å². The SMILES string of the molecule is NCC(=O)Oc1ccc(C2(c3ccc(OC(=O)CN)cc3)C(=O)Nc3c2ccc(F)c3F)cc1. The van der Waals surface area contributed by atoms with Gasteiger partial charge in [0, 0.05) is 5.56 Å². The Morgan fingerprint density at radius 1 is 0.794 bits per heavy atom. The van der Waals surface area contributed by atoms with E-state index in [1.807, 2.05) is 0 Å². The van der Waals surface area contributed by atoms with E-state index in [0.717, 1.165) is 6.07 Å². The summed E-state index contributed by atoms with van der Waals surface area (Å²) in [7, 11) is 0. The van der Waals surface area contributed by atoms with Crippen molar-refractivity contribution in [3.05, 3.63) is 89.0 Å². The summed E-state index contributed by atoms with van der Waals surface area (Å²) in [5.41, 5.74) is 9.66. The van der Waals surface area contributed by atoms with E-state index < -0.39 is 34.9 Å². The first kappa shape index (κ1) is 23.0. The number of hydrogen-bond acceptors (Lipinski definition) is 7. The number of fused-ring (bicyclic) bond motifs is 1. The maximum atomic E-state index is 14.6. The largest absolute Gasteiger partial charge is 0.426 e. The van der Waals surface area contributed by atoms with E-state index in [4.69, 9.17) is 20.9 Å². The van der Waals surface area contributed by atoms with E-state index in [1.165, 1.54) is 54.6 Å². The number of anilines is 1. The van der Waals surface area contributed by atoms with Gasteiger partial charge in [0.15, 0.2) is 11.6 Å². The molecule has 1 aliphatic rings. The lowest BCUT2D eigenvalue weighted by Crippen LogP contribution is -2.37. The number of carbonyl (C=O) groups excluding carboxylic acids is 3. The van der Waals surface area contributed by atoms with Crippen molar-refractivity contribution < 1.29 is 32.6 Å². The Balaban J connectivity index is 1.87. The Bertz CT molecular complexity index is 1220. The van der Waals surface area contributed by atoms with Crippen LogP contribution in [0.25, 0.3) is 0 Å². The molecule has 0 fully saturated rings. The fourth-order valence-corrected chi connectivity index (χ4v) is 3.95. The molecule has 4 rings (SSSR count). The molecule has 10 heteroatoms. The standard InChI is InChI=1S/C24H19F2N3O5/c25-18-10-9-17-22(21(18)26)29-23(32)24(17,13-1-5-15(6-2-13)33-19(30)11-27)14-3-7-16(8-4-14)34-20(31)12-28/h1-10H,11-12,27-28H2,(H,29,32). The minimum Gasteiger partial charge on any atom is -0.426 e. The summed E-state index contributed by atoms with van der Waals surface area (Å²) in [5, 5.41) is 2.45. The van der Waals surface area contributed by atoms with E-state index in [-0.39, 0.29) is 35.8 Å². The third-order valence-electron chi connectivity index (χ3n) is 5.45. The molecule has 8 nitrogen and oxygen atoms in total. The van der Waals surface area contributed by atoms with Crippen molar-refractivity contribution in [2.75, 3.05) is 18.4 Å². The highest BCUT2D eigenvalue weighted by molar-refractivity contribution is 6.11. The molecule has 34 heavy (non-hydrogen) atoms. The Hall–Kier alpha value is -4.15. The first-order valence-electron chi connectivity index (χ1n) is 10.1. The lowest BCUT2D eigenvalue weighted by atomic mass is 9.70. The first-order valence-corrected chi connectivity index (χ1v) is 10.1. The molecular formula is C24H19F2N3O5. The van der Waals surface area contributed by atoms with Crippen LogP contribution in [0, 0.1) is 11.6 Å². The number of hydrogen-bond donors (Lipinski definition) is 3. The zero-order valence-corrected chi connectivity index (χ0v) is 17.6. The second-order valence-electron chi connectivity index (χ2n) is 7.39. The van der Waals surface area contributed by atoms with Crippen molar-refractivity contribution in [3.8, 4) is 11.5 Å².